The van der Waals surface area contributed by atoms with E-state index in [9.17, 15) is 27.5 Å². The Kier molecular flexibility index (Phi) is 7.33. The number of fused-ring (bicyclic) bond motifs is 3. The van der Waals surface area contributed by atoms with Gasteiger partial charge in [-0.25, -0.2) is 27.5 Å². The highest BCUT2D eigenvalue weighted by molar-refractivity contribution is 5.84. The van der Waals surface area contributed by atoms with Crippen LogP contribution in [0.2, 0.25) is 0 Å². The number of ether oxygens (including phenoxy) is 2. The van der Waals surface area contributed by atoms with Crippen molar-refractivity contribution in [3.8, 4) is 22.9 Å². The van der Waals surface area contributed by atoms with Crippen molar-refractivity contribution >= 4 is 5.78 Å². The van der Waals surface area contributed by atoms with Gasteiger partial charge in [0.05, 0.1) is 6.61 Å². The van der Waals surface area contributed by atoms with E-state index in [-0.39, 0.29) is 54.3 Å². The maximum atomic E-state index is 15.0. The third kappa shape index (κ3) is 5.29. The Morgan fingerprint density at radius 1 is 1.12 bits per heavy atom. The van der Waals surface area contributed by atoms with Crippen molar-refractivity contribution in [1.29, 1.82) is 0 Å². The summed E-state index contributed by atoms with van der Waals surface area (Å²) in [6.45, 7) is 5.63. The number of hydrogen-bond acceptors (Lipinski definition) is 6. The highest BCUT2D eigenvalue weighted by Gasteiger charge is 2.58. The molecule has 2 heterocycles. The second-order valence-electron chi connectivity index (χ2n) is 11.0. The Balaban J connectivity index is 1.30. The van der Waals surface area contributed by atoms with E-state index in [0.717, 1.165) is 30.5 Å². The summed E-state index contributed by atoms with van der Waals surface area (Å²) < 4.78 is 66.6. The summed E-state index contributed by atoms with van der Waals surface area (Å²) in [5.41, 5.74) is 1.65. The molecule has 1 N–H and O–H groups in total. The average molecular weight is 559 g/mol. The van der Waals surface area contributed by atoms with Crippen LogP contribution in [-0.2, 0) is 17.8 Å². The zero-order chi connectivity index (χ0) is 28.9. The normalized spacial score (nSPS) is 20.6. The Hall–Kier alpha value is -3.53. The standard InChI is InChI=1S/C30H30F4N2O4/c1-14-7-25(39-6-5-30(4,38)29(33)34)36-15(2)26(14)19-9-18(22(31)11-23(19)32)13-40-24-10-17-8-20-27(16(3)37)28(20)21(17)12-35-24/h7,9-12,20,27-29,38H,5-6,8,13H2,1-4H3/t20-,27-,28+,30?/m0/s1. The van der Waals surface area contributed by atoms with Crippen LogP contribution in [0.25, 0.3) is 11.1 Å². The lowest BCUT2D eigenvalue weighted by Crippen LogP contribution is -2.35. The molecule has 0 bridgehead atoms. The number of aliphatic hydroxyl groups is 1. The van der Waals surface area contributed by atoms with Crippen LogP contribution < -0.4 is 9.47 Å². The molecule has 0 saturated heterocycles. The molecule has 1 fully saturated rings. The molecule has 2 aliphatic rings. The van der Waals surface area contributed by atoms with Gasteiger partial charge in [-0.05, 0) is 68.7 Å². The predicted octanol–water partition coefficient (Wildman–Crippen LogP) is 5.88. The Labute approximate surface area is 229 Å². The van der Waals surface area contributed by atoms with Gasteiger partial charge in [-0.2, -0.15) is 0 Å². The first kappa shape index (κ1) is 28.0. The van der Waals surface area contributed by atoms with E-state index in [4.69, 9.17) is 9.47 Å². The van der Waals surface area contributed by atoms with Crippen LogP contribution in [0.1, 0.15) is 54.1 Å². The molecule has 1 aromatic carbocycles. The molecule has 0 radical (unpaired) electrons. The van der Waals surface area contributed by atoms with Gasteiger partial charge in [-0.3, -0.25) is 4.79 Å². The number of halogens is 4. The van der Waals surface area contributed by atoms with Crippen LogP contribution in [0.3, 0.4) is 0 Å². The van der Waals surface area contributed by atoms with Crippen LogP contribution in [0.4, 0.5) is 17.6 Å². The topological polar surface area (TPSA) is 81.5 Å². The third-order valence-corrected chi connectivity index (χ3v) is 7.94. The first-order chi connectivity index (χ1) is 18.9. The second kappa shape index (κ2) is 10.5. The van der Waals surface area contributed by atoms with E-state index in [0.29, 0.717) is 28.6 Å². The molecule has 40 heavy (non-hydrogen) atoms. The van der Waals surface area contributed by atoms with Gasteiger partial charge in [0.15, 0.2) is 0 Å². The first-order valence-electron chi connectivity index (χ1n) is 13.1. The molecule has 6 nitrogen and oxygen atoms in total. The summed E-state index contributed by atoms with van der Waals surface area (Å²) in [5.74, 6) is -0.229. The Morgan fingerprint density at radius 2 is 1.88 bits per heavy atom. The lowest BCUT2D eigenvalue weighted by molar-refractivity contribution is -0.118. The highest BCUT2D eigenvalue weighted by Crippen LogP contribution is 2.61. The van der Waals surface area contributed by atoms with Gasteiger partial charge in [0.1, 0.15) is 29.6 Å². The van der Waals surface area contributed by atoms with Crippen molar-refractivity contribution in [2.24, 2.45) is 11.8 Å². The SMILES string of the molecule is CC(=O)[C@H]1[C@@H]2Cc3cc(OCc4cc(-c5c(C)cc(OCCC(C)(O)C(F)F)nc5C)c(F)cc4F)ncc3[C@@H]21. The molecule has 1 unspecified atom stereocenters. The summed E-state index contributed by atoms with van der Waals surface area (Å²) in [5, 5.41) is 9.70. The number of rotatable bonds is 10. The number of nitrogens with zero attached hydrogens (tertiary/aromatic N) is 2. The van der Waals surface area contributed by atoms with E-state index in [2.05, 4.69) is 9.97 Å². The third-order valence-electron chi connectivity index (χ3n) is 7.94. The number of carbonyl (C=O) groups excluding carboxylic acids is 1. The minimum absolute atomic E-state index is 0.0802. The molecule has 3 aromatic rings. The smallest absolute Gasteiger partial charge is 0.266 e. The Morgan fingerprint density at radius 3 is 2.55 bits per heavy atom. The summed E-state index contributed by atoms with van der Waals surface area (Å²) >= 11 is 0. The number of aryl methyl sites for hydroxylation is 2. The molecule has 0 aliphatic heterocycles. The van der Waals surface area contributed by atoms with Crippen molar-refractivity contribution in [3.63, 3.8) is 0 Å². The molecule has 5 rings (SSSR count). The van der Waals surface area contributed by atoms with Gasteiger partial charge >= 0.3 is 0 Å². The fourth-order valence-corrected chi connectivity index (χ4v) is 5.70. The average Bonchev–Trinajstić information content (AvgIpc) is 3.46. The molecule has 4 atom stereocenters. The fourth-order valence-electron chi connectivity index (χ4n) is 5.70. The maximum Gasteiger partial charge on any atom is 0.266 e. The molecule has 2 aliphatic carbocycles. The number of carbonyl (C=O) groups is 1. The molecule has 212 valence electrons. The van der Waals surface area contributed by atoms with Gasteiger partial charge in [0, 0.05) is 59.1 Å². The summed E-state index contributed by atoms with van der Waals surface area (Å²) in [6.07, 6.45) is -0.712. The van der Waals surface area contributed by atoms with Crippen LogP contribution in [0.5, 0.6) is 11.8 Å². The van der Waals surface area contributed by atoms with Gasteiger partial charge in [0.25, 0.3) is 6.43 Å². The quantitative estimate of drug-likeness (QED) is 0.313. The Bertz CT molecular complexity index is 1450. The second-order valence-corrected chi connectivity index (χ2v) is 11.0. The molecule has 2 aromatic heterocycles. The van der Waals surface area contributed by atoms with Gasteiger partial charge in [-0.1, -0.05) is 0 Å². The van der Waals surface area contributed by atoms with Crippen LogP contribution >= 0.6 is 0 Å². The summed E-state index contributed by atoms with van der Waals surface area (Å²) in [6, 6.07) is 5.53. The minimum atomic E-state index is -2.92. The van der Waals surface area contributed by atoms with Crippen molar-refractivity contribution in [2.75, 3.05) is 6.61 Å². The summed E-state index contributed by atoms with van der Waals surface area (Å²) in [7, 11) is 0. The number of ketones is 1. The van der Waals surface area contributed by atoms with Gasteiger partial charge < -0.3 is 14.6 Å². The number of benzene rings is 1. The number of aromatic nitrogens is 2. The van der Waals surface area contributed by atoms with Crippen LogP contribution in [0.15, 0.2) is 30.5 Å². The van der Waals surface area contributed by atoms with E-state index in [1.807, 2.05) is 6.07 Å². The zero-order valence-corrected chi connectivity index (χ0v) is 22.6. The van der Waals surface area contributed by atoms with Crippen LogP contribution in [0, 0.1) is 37.3 Å². The van der Waals surface area contributed by atoms with E-state index < -0.39 is 23.7 Å². The molecular weight excluding hydrogens is 528 g/mol. The number of hydrogen-bond donors (Lipinski definition) is 1. The van der Waals surface area contributed by atoms with Crippen molar-refractivity contribution in [1.82, 2.24) is 9.97 Å². The molecular formula is C30H30F4N2O4. The lowest BCUT2D eigenvalue weighted by atomic mass is 9.97. The monoisotopic (exact) mass is 558 g/mol. The first-order valence-corrected chi connectivity index (χ1v) is 13.1. The van der Waals surface area contributed by atoms with Crippen molar-refractivity contribution in [2.45, 2.75) is 65.1 Å². The number of Topliss-reactive ketones (excluding diaryl/α,β-unsaturated/α-hetero) is 1. The lowest BCUT2D eigenvalue weighted by Gasteiger charge is -2.22. The molecule has 0 spiro atoms. The summed E-state index contributed by atoms with van der Waals surface area (Å²) in [4.78, 5) is 20.4. The number of alkyl halides is 2. The molecule has 0 amide bonds. The van der Waals surface area contributed by atoms with Crippen LogP contribution in [-0.4, -0.2) is 39.5 Å². The zero-order valence-electron chi connectivity index (χ0n) is 22.6. The molecule has 10 heteroatoms. The van der Waals surface area contributed by atoms with Crippen molar-refractivity contribution < 1.29 is 36.9 Å². The van der Waals surface area contributed by atoms with Crippen molar-refractivity contribution in [3.05, 3.63) is 70.0 Å². The van der Waals surface area contributed by atoms with Gasteiger partial charge in [0.2, 0.25) is 11.8 Å². The molecule has 1 saturated carbocycles. The highest BCUT2D eigenvalue weighted by atomic mass is 19.3. The number of pyridine rings is 2. The largest absolute Gasteiger partial charge is 0.478 e. The predicted molar refractivity (Wildman–Crippen MR) is 138 cm³/mol. The van der Waals surface area contributed by atoms with E-state index in [1.54, 1.807) is 27.0 Å². The maximum absolute atomic E-state index is 15.0. The minimum Gasteiger partial charge on any atom is -0.478 e. The van der Waals surface area contributed by atoms with E-state index in [1.165, 1.54) is 12.1 Å². The van der Waals surface area contributed by atoms with Gasteiger partial charge in [-0.15, -0.1) is 0 Å². The fraction of sp³-hybridized carbons (Fsp3) is 0.433. The van der Waals surface area contributed by atoms with E-state index >= 15 is 0 Å².